The van der Waals surface area contributed by atoms with Gasteiger partial charge in [-0.05, 0) is 19.9 Å². The zero-order valence-corrected chi connectivity index (χ0v) is 10.4. The summed E-state index contributed by atoms with van der Waals surface area (Å²) in [5, 5.41) is 33.5. The second kappa shape index (κ2) is 6.11. The third-order valence-corrected chi connectivity index (χ3v) is 2.26. The molecule has 0 heterocycles. The summed E-state index contributed by atoms with van der Waals surface area (Å²) in [6, 6.07) is 2.82. The fraction of sp³-hybridized carbons (Fsp3) is 0.417. The van der Waals surface area contributed by atoms with Crippen LogP contribution < -0.4 is 10.6 Å². The van der Waals surface area contributed by atoms with Gasteiger partial charge in [-0.25, -0.2) is 0 Å². The van der Waals surface area contributed by atoms with Crippen LogP contribution in [0.3, 0.4) is 0 Å². The number of nitrogens with one attached hydrogen (secondary N) is 2. The molecule has 1 amide bonds. The maximum absolute atomic E-state index is 11.3. The van der Waals surface area contributed by atoms with Gasteiger partial charge in [0.05, 0.1) is 6.54 Å². The molecule has 0 aliphatic carbocycles. The Morgan fingerprint density at radius 2 is 1.89 bits per heavy atom. The molecule has 6 nitrogen and oxygen atoms in total. The largest absolute Gasteiger partial charge is 0.504 e. The SMILES string of the molecule is CC(C)NC(=O)CNCc1ccc(O)c(O)c1O. The van der Waals surface area contributed by atoms with Crippen molar-refractivity contribution >= 4 is 5.91 Å². The highest BCUT2D eigenvalue weighted by Crippen LogP contribution is 2.36. The Kier molecular flexibility index (Phi) is 4.79. The Hall–Kier alpha value is -1.95. The summed E-state index contributed by atoms with van der Waals surface area (Å²) in [5.41, 5.74) is 0.405. The lowest BCUT2D eigenvalue weighted by atomic mass is 10.1. The molecule has 0 saturated carbocycles. The molecule has 0 fully saturated rings. The van der Waals surface area contributed by atoms with E-state index in [1.54, 1.807) is 0 Å². The number of hydrogen-bond donors (Lipinski definition) is 5. The quantitative estimate of drug-likeness (QED) is 0.490. The Bertz CT molecular complexity index is 432. The topological polar surface area (TPSA) is 102 Å². The van der Waals surface area contributed by atoms with Crippen molar-refractivity contribution in [1.82, 2.24) is 10.6 Å². The lowest BCUT2D eigenvalue weighted by Gasteiger charge is -2.10. The third kappa shape index (κ3) is 3.81. The molecule has 0 spiro atoms. The van der Waals surface area contributed by atoms with Gasteiger partial charge in [-0.15, -0.1) is 0 Å². The van der Waals surface area contributed by atoms with Crippen LogP contribution in [-0.4, -0.2) is 33.8 Å². The van der Waals surface area contributed by atoms with Gasteiger partial charge in [0.25, 0.3) is 0 Å². The molecule has 6 heteroatoms. The molecular formula is C12H18N2O4. The lowest BCUT2D eigenvalue weighted by molar-refractivity contribution is -0.120. The van der Waals surface area contributed by atoms with Crippen molar-refractivity contribution in [2.75, 3.05) is 6.54 Å². The molecule has 0 aromatic heterocycles. The summed E-state index contributed by atoms with van der Waals surface area (Å²) in [4.78, 5) is 11.3. The van der Waals surface area contributed by atoms with Crippen molar-refractivity contribution in [2.45, 2.75) is 26.4 Å². The Balaban J connectivity index is 2.50. The number of benzene rings is 1. The minimum absolute atomic E-state index is 0.0745. The van der Waals surface area contributed by atoms with Gasteiger partial charge in [0, 0.05) is 18.2 Å². The molecular weight excluding hydrogens is 236 g/mol. The fourth-order valence-corrected chi connectivity index (χ4v) is 1.44. The summed E-state index contributed by atoms with van der Waals surface area (Å²) < 4.78 is 0. The molecule has 5 N–H and O–H groups in total. The molecule has 1 aromatic rings. The van der Waals surface area contributed by atoms with E-state index in [0.717, 1.165) is 0 Å². The van der Waals surface area contributed by atoms with E-state index in [9.17, 15) is 15.0 Å². The standard InChI is InChI=1S/C12H18N2O4/c1-7(2)14-10(16)6-13-5-8-3-4-9(15)12(18)11(8)17/h3-4,7,13,15,17-18H,5-6H2,1-2H3,(H,14,16). The average Bonchev–Trinajstić information content (AvgIpc) is 2.28. The molecule has 100 valence electrons. The number of aromatic hydroxyl groups is 3. The number of carbonyl (C=O) groups excluding carboxylic acids is 1. The maximum atomic E-state index is 11.3. The second-order valence-electron chi connectivity index (χ2n) is 4.27. The van der Waals surface area contributed by atoms with E-state index in [-0.39, 0.29) is 36.5 Å². The number of hydrogen-bond acceptors (Lipinski definition) is 5. The number of rotatable bonds is 5. The zero-order valence-electron chi connectivity index (χ0n) is 10.4. The van der Waals surface area contributed by atoms with Gasteiger partial charge in [-0.1, -0.05) is 6.07 Å². The lowest BCUT2D eigenvalue weighted by Crippen LogP contribution is -2.37. The van der Waals surface area contributed by atoms with Gasteiger partial charge < -0.3 is 26.0 Å². The molecule has 0 unspecified atom stereocenters. The Morgan fingerprint density at radius 3 is 2.50 bits per heavy atom. The maximum Gasteiger partial charge on any atom is 0.234 e. The molecule has 0 aliphatic rings. The third-order valence-electron chi connectivity index (χ3n) is 2.26. The molecule has 0 bridgehead atoms. The molecule has 0 radical (unpaired) electrons. The summed E-state index contributed by atoms with van der Waals surface area (Å²) in [7, 11) is 0. The highest BCUT2D eigenvalue weighted by Gasteiger charge is 2.11. The Morgan fingerprint density at radius 1 is 1.22 bits per heavy atom. The number of phenolic OH excluding ortho intramolecular Hbond substituents is 3. The van der Waals surface area contributed by atoms with Crippen LogP contribution in [0.2, 0.25) is 0 Å². The number of amides is 1. The van der Waals surface area contributed by atoms with E-state index < -0.39 is 5.75 Å². The Labute approximate surface area is 105 Å². The molecule has 0 atom stereocenters. The summed E-state index contributed by atoms with van der Waals surface area (Å²) in [6.07, 6.45) is 0. The summed E-state index contributed by atoms with van der Waals surface area (Å²) in [6.45, 7) is 4.05. The van der Waals surface area contributed by atoms with Gasteiger partial charge in [0.1, 0.15) is 0 Å². The smallest absolute Gasteiger partial charge is 0.234 e. The van der Waals surface area contributed by atoms with E-state index in [1.165, 1.54) is 12.1 Å². The van der Waals surface area contributed by atoms with Crippen LogP contribution in [0.15, 0.2) is 12.1 Å². The van der Waals surface area contributed by atoms with Gasteiger partial charge in [-0.3, -0.25) is 4.79 Å². The summed E-state index contributed by atoms with van der Waals surface area (Å²) >= 11 is 0. The highest BCUT2D eigenvalue weighted by molar-refractivity contribution is 5.78. The van der Waals surface area contributed by atoms with Crippen LogP contribution in [0.4, 0.5) is 0 Å². The zero-order chi connectivity index (χ0) is 13.7. The first-order chi connectivity index (χ1) is 8.41. The predicted octanol–water partition coefficient (Wildman–Crippen LogP) is 0.418. The van der Waals surface area contributed by atoms with E-state index >= 15 is 0 Å². The number of phenols is 3. The van der Waals surface area contributed by atoms with Crippen LogP contribution in [0.5, 0.6) is 17.2 Å². The highest BCUT2D eigenvalue weighted by atomic mass is 16.3. The van der Waals surface area contributed by atoms with E-state index in [4.69, 9.17) is 5.11 Å². The molecule has 1 rings (SSSR count). The van der Waals surface area contributed by atoms with E-state index in [1.807, 2.05) is 13.8 Å². The second-order valence-corrected chi connectivity index (χ2v) is 4.27. The first kappa shape index (κ1) is 14.1. The molecule has 0 aliphatic heterocycles. The van der Waals surface area contributed by atoms with Gasteiger partial charge in [-0.2, -0.15) is 0 Å². The van der Waals surface area contributed by atoms with Gasteiger partial charge in [0.15, 0.2) is 11.5 Å². The van der Waals surface area contributed by atoms with Crippen LogP contribution in [-0.2, 0) is 11.3 Å². The van der Waals surface area contributed by atoms with Gasteiger partial charge in [0.2, 0.25) is 11.7 Å². The molecule has 0 saturated heterocycles. The van der Waals surface area contributed by atoms with Crippen LogP contribution in [0.1, 0.15) is 19.4 Å². The number of carbonyl (C=O) groups is 1. The van der Waals surface area contributed by atoms with Crippen LogP contribution in [0, 0.1) is 0 Å². The van der Waals surface area contributed by atoms with Gasteiger partial charge >= 0.3 is 0 Å². The first-order valence-corrected chi connectivity index (χ1v) is 5.64. The fourth-order valence-electron chi connectivity index (χ4n) is 1.44. The summed E-state index contributed by atoms with van der Waals surface area (Å²) in [5.74, 6) is -1.46. The predicted molar refractivity (Wildman–Crippen MR) is 66.4 cm³/mol. The molecule has 1 aromatic carbocycles. The minimum atomic E-state index is -0.555. The minimum Gasteiger partial charge on any atom is -0.504 e. The van der Waals surface area contributed by atoms with Crippen LogP contribution >= 0.6 is 0 Å². The van der Waals surface area contributed by atoms with Crippen molar-refractivity contribution in [1.29, 1.82) is 0 Å². The average molecular weight is 254 g/mol. The van der Waals surface area contributed by atoms with Crippen molar-refractivity contribution in [3.8, 4) is 17.2 Å². The van der Waals surface area contributed by atoms with Crippen molar-refractivity contribution < 1.29 is 20.1 Å². The monoisotopic (exact) mass is 254 g/mol. The van der Waals surface area contributed by atoms with E-state index in [0.29, 0.717) is 5.56 Å². The normalized spacial score (nSPS) is 10.6. The van der Waals surface area contributed by atoms with E-state index in [2.05, 4.69) is 10.6 Å². The van der Waals surface area contributed by atoms with Crippen molar-refractivity contribution in [3.05, 3.63) is 17.7 Å². The van der Waals surface area contributed by atoms with Crippen LogP contribution in [0.25, 0.3) is 0 Å². The van der Waals surface area contributed by atoms with Crippen molar-refractivity contribution in [3.63, 3.8) is 0 Å². The molecule has 18 heavy (non-hydrogen) atoms. The first-order valence-electron chi connectivity index (χ1n) is 5.64. The van der Waals surface area contributed by atoms with Crippen molar-refractivity contribution in [2.24, 2.45) is 0 Å².